The Morgan fingerprint density at radius 3 is 2.72 bits per heavy atom. The fourth-order valence-electron chi connectivity index (χ4n) is 1.33. The zero-order chi connectivity index (χ0) is 13.1. The van der Waals surface area contributed by atoms with E-state index in [0.717, 1.165) is 6.07 Å². The van der Waals surface area contributed by atoms with Gasteiger partial charge in [-0.15, -0.1) is 5.11 Å². The van der Waals surface area contributed by atoms with Gasteiger partial charge in [-0.05, 0) is 19.1 Å². The van der Waals surface area contributed by atoms with Gasteiger partial charge >= 0.3 is 5.63 Å². The Kier molecular flexibility index (Phi) is 3.18. The molecular formula is C12H9FN2O3. The molecule has 0 amide bonds. The maximum absolute atomic E-state index is 12.9. The predicted molar refractivity (Wildman–Crippen MR) is 62.0 cm³/mol. The highest BCUT2D eigenvalue weighted by Gasteiger charge is 2.08. The van der Waals surface area contributed by atoms with E-state index in [1.54, 1.807) is 0 Å². The monoisotopic (exact) mass is 248 g/mol. The summed E-state index contributed by atoms with van der Waals surface area (Å²) in [4.78, 5) is 11.4. The van der Waals surface area contributed by atoms with Crippen molar-refractivity contribution in [1.82, 2.24) is 0 Å². The topological polar surface area (TPSA) is 75.2 Å². The summed E-state index contributed by atoms with van der Waals surface area (Å²) in [6.07, 6.45) is 0. The van der Waals surface area contributed by atoms with Crippen molar-refractivity contribution in [3.63, 3.8) is 0 Å². The maximum Gasteiger partial charge on any atom is 0.367 e. The molecule has 6 heteroatoms. The predicted octanol–water partition coefficient (Wildman–Crippen LogP) is 3.21. The second-order valence-electron chi connectivity index (χ2n) is 3.56. The maximum atomic E-state index is 12.9. The number of benzene rings is 1. The van der Waals surface area contributed by atoms with Crippen LogP contribution in [0.4, 0.5) is 15.8 Å². The van der Waals surface area contributed by atoms with Crippen LogP contribution in [0.2, 0.25) is 0 Å². The highest BCUT2D eigenvalue weighted by atomic mass is 19.1. The van der Waals surface area contributed by atoms with Crippen molar-refractivity contribution in [2.24, 2.45) is 10.2 Å². The average Bonchev–Trinajstić information content (AvgIpc) is 2.27. The molecule has 92 valence electrons. The summed E-state index contributed by atoms with van der Waals surface area (Å²) in [6, 6.07) is 6.63. The molecular weight excluding hydrogens is 239 g/mol. The number of azo groups is 1. The van der Waals surface area contributed by atoms with Crippen LogP contribution in [-0.2, 0) is 0 Å². The van der Waals surface area contributed by atoms with Gasteiger partial charge in [0.25, 0.3) is 0 Å². The number of hydrogen-bond donors (Lipinski definition) is 1. The van der Waals surface area contributed by atoms with E-state index in [2.05, 4.69) is 10.2 Å². The molecule has 18 heavy (non-hydrogen) atoms. The van der Waals surface area contributed by atoms with E-state index in [1.807, 2.05) is 0 Å². The Morgan fingerprint density at radius 2 is 2.06 bits per heavy atom. The first-order chi connectivity index (χ1) is 8.56. The first-order valence-corrected chi connectivity index (χ1v) is 5.07. The number of nitrogens with zero attached hydrogens (tertiary/aromatic N) is 2. The third-order valence-electron chi connectivity index (χ3n) is 2.10. The standard InChI is InChI=1S/C12H9FN2O3/c1-7-5-10(16)11(12(17)18-7)15-14-9-4-2-3-8(13)6-9/h2-6,16H,1H3. The number of hydrogen-bond acceptors (Lipinski definition) is 5. The first kappa shape index (κ1) is 12.0. The highest BCUT2D eigenvalue weighted by Crippen LogP contribution is 2.25. The van der Waals surface area contributed by atoms with Gasteiger partial charge in [0.15, 0.2) is 5.75 Å². The molecule has 1 aromatic heterocycles. The molecule has 0 aliphatic rings. The summed E-state index contributed by atoms with van der Waals surface area (Å²) < 4.78 is 17.6. The van der Waals surface area contributed by atoms with Crippen LogP contribution in [0.5, 0.6) is 5.75 Å². The van der Waals surface area contributed by atoms with Crippen molar-refractivity contribution in [2.75, 3.05) is 0 Å². The van der Waals surface area contributed by atoms with Gasteiger partial charge in [0.1, 0.15) is 11.6 Å². The molecule has 0 fully saturated rings. The summed E-state index contributed by atoms with van der Waals surface area (Å²) in [6.45, 7) is 1.52. The largest absolute Gasteiger partial charge is 0.505 e. The van der Waals surface area contributed by atoms with Crippen molar-refractivity contribution in [3.05, 3.63) is 52.3 Å². The summed E-state index contributed by atoms with van der Waals surface area (Å²) >= 11 is 0. The van der Waals surface area contributed by atoms with Crippen molar-refractivity contribution < 1.29 is 13.9 Å². The Balaban J connectivity index is 2.38. The van der Waals surface area contributed by atoms with Gasteiger partial charge in [0.05, 0.1) is 5.69 Å². The Labute approximate surface area is 101 Å². The zero-order valence-corrected chi connectivity index (χ0v) is 9.42. The van der Waals surface area contributed by atoms with E-state index in [1.165, 1.54) is 31.2 Å². The number of rotatable bonds is 2. The van der Waals surface area contributed by atoms with Crippen LogP contribution in [-0.4, -0.2) is 5.11 Å². The second-order valence-corrected chi connectivity index (χ2v) is 3.56. The molecule has 0 aliphatic heterocycles. The second kappa shape index (κ2) is 4.79. The van der Waals surface area contributed by atoms with E-state index in [-0.39, 0.29) is 22.9 Å². The van der Waals surface area contributed by atoms with Gasteiger partial charge in [-0.1, -0.05) is 6.07 Å². The van der Waals surface area contributed by atoms with Crippen LogP contribution in [0.3, 0.4) is 0 Å². The molecule has 0 radical (unpaired) electrons. The molecule has 2 aromatic rings. The molecule has 0 bridgehead atoms. The van der Waals surface area contributed by atoms with Crippen LogP contribution in [0.1, 0.15) is 5.76 Å². The Bertz CT molecular complexity index is 665. The van der Waals surface area contributed by atoms with E-state index < -0.39 is 11.4 Å². The molecule has 0 spiro atoms. The lowest BCUT2D eigenvalue weighted by Gasteiger charge is -1.97. The van der Waals surface area contributed by atoms with Gasteiger partial charge in [-0.2, -0.15) is 5.11 Å². The highest BCUT2D eigenvalue weighted by molar-refractivity contribution is 5.48. The van der Waals surface area contributed by atoms with Gasteiger partial charge in [-0.25, -0.2) is 9.18 Å². The number of halogens is 1. The van der Waals surface area contributed by atoms with Crippen LogP contribution >= 0.6 is 0 Å². The number of aromatic hydroxyl groups is 1. The fraction of sp³-hybridized carbons (Fsp3) is 0.0833. The van der Waals surface area contributed by atoms with Crippen LogP contribution in [0, 0.1) is 12.7 Å². The third kappa shape index (κ3) is 2.60. The van der Waals surface area contributed by atoms with E-state index in [0.29, 0.717) is 0 Å². The van der Waals surface area contributed by atoms with Crippen molar-refractivity contribution >= 4 is 11.4 Å². The average molecular weight is 248 g/mol. The summed E-state index contributed by atoms with van der Waals surface area (Å²) in [7, 11) is 0. The van der Waals surface area contributed by atoms with Crippen LogP contribution < -0.4 is 5.63 Å². The lowest BCUT2D eigenvalue weighted by atomic mass is 10.3. The quantitative estimate of drug-likeness (QED) is 0.829. The lowest BCUT2D eigenvalue weighted by Crippen LogP contribution is -1.98. The van der Waals surface area contributed by atoms with Crippen LogP contribution in [0.15, 0.2) is 49.8 Å². The Hall–Kier alpha value is -2.50. The van der Waals surface area contributed by atoms with Gasteiger partial charge < -0.3 is 9.52 Å². The summed E-state index contributed by atoms with van der Waals surface area (Å²) in [5.74, 6) is -0.530. The lowest BCUT2D eigenvalue weighted by molar-refractivity contribution is 0.437. The molecule has 0 unspecified atom stereocenters. The van der Waals surface area contributed by atoms with E-state index in [9.17, 15) is 14.3 Å². The minimum Gasteiger partial charge on any atom is -0.505 e. The van der Waals surface area contributed by atoms with Crippen LogP contribution in [0.25, 0.3) is 0 Å². The molecule has 0 aliphatic carbocycles. The molecule has 0 saturated heterocycles. The molecule has 1 N–H and O–H groups in total. The van der Waals surface area contributed by atoms with Gasteiger partial charge in [0, 0.05) is 12.1 Å². The molecule has 1 heterocycles. The summed E-state index contributed by atoms with van der Waals surface area (Å²) in [5, 5.41) is 16.7. The fourth-order valence-corrected chi connectivity index (χ4v) is 1.33. The van der Waals surface area contributed by atoms with Crippen molar-refractivity contribution in [3.8, 4) is 5.75 Å². The van der Waals surface area contributed by atoms with E-state index >= 15 is 0 Å². The van der Waals surface area contributed by atoms with Gasteiger partial charge in [0.2, 0.25) is 5.69 Å². The molecule has 5 nitrogen and oxygen atoms in total. The first-order valence-electron chi connectivity index (χ1n) is 5.07. The SMILES string of the molecule is Cc1cc(O)c(N=Nc2cccc(F)c2)c(=O)o1. The molecule has 0 atom stereocenters. The Morgan fingerprint density at radius 1 is 1.28 bits per heavy atom. The smallest absolute Gasteiger partial charge is 0.367 e. The zero-order valence-electron chi connectivity index (χ0n) is 9.42. The minimum atomic E-state index is -0.798. The van der Waals surface area contributed by atoms with Gasteiger partial charge in [-0.3, -0.25) is 0 Å². The van der Waals surface area contributed by atoms with Crippen molar-refractivity contribution in [1.29, 1.82) is 0 Å². The number of aryl methyl sites for hydroxylation is 1. The third-order valence-corrected chi connectivity index (χ3v) is 2.10. The molecule has 1 aromatic carbocycles. The van der Waals surface area contributed by atoms with E-state index in [4.69, 9.17) is 4.42 Å². The normalized spacial score (nSPS) is 11.0. The molecule has 2 rings (SSSR count). The summed E-state index contributed by atoms with van der Waals surface area (Å²) in [5.41, 5.74) is -0.883. The molecule has 0 saturated carbocycles. The van der Waals surface area contributed by atoms with Crippen molar-refractivity contribution in [2.45, 2.75) is 6.92 Å². The minimum absolute atomic E-state index is 0.231.